The Kier molecular flexibility index (Phi) is 7.41. The van der Waals surface area contributed by atoms with Crippen molar-refractivity contribution in [1.29, 1.82) is 0 Å². The smallest absolute Gasteiger partial charge is 0.295 e. The number of aliphatic hydroxyl groups excluding tert-OH is 1. The fraction of sp³-hybridized carbons (Fsp3) is 0.269. The number of halogens is 1. The maximum Gasteiger partial charge on any atom is 0.295 e. The summed E-state index contributed by atoms with van der Waals surface area (Å²) in [6.07, 6.45) is 5.81. The standard InChI is InChI=1S/C26H26ClN3O5/c1-3-35-20-10-7-18(15-21(20)34-2)23-22(24(31)17-5-8-19(27)9-6-17)25(32)26(33)30(23)13-4-12-29-14-11-28-16-29/h5-11,14-16,23,31H,3-4,12-13H2,1-2H3/b24-22+. The molecule has 182 valence electrons. The average molecular weight is 496 g/mol. The molecule has 0 aliphatic carbocycles. The first kappa shape index (κ1) is 24.3. The molecule has 0 radical (unpaired) electrons. The summed E-state index contributed by atoms with van der Waals surface area (Å²) in [6.45, 7) is 3.26. The summed E-state index contributed by atoms with van der Waals surface area (Å²) < 4.78 is 13.0. The highest BCUT2D eigenvalue weighted by atomic mass is 35.5. The lowest BCUT2D eigenvalue weighted by Crippen LogP contribution is -2.31. The minimum atomic E-state index is -0.793. The molecule has 0 spiro atoms. The Morgan fingerprint density at radius 2 is 1.89 bits per heavy atom. The van der Waals surface area contributed by atoms with Gasteiger partial charge in [-0.2, -0.15) is 0 Å². The first-order chi connectivity index (χ1) is 16.9. The van der Waals surface area contributed by atoms with Crippen LogP contribution in [0.4, 0.5) is 0 Å². The monoisotopic (exact) mass is 495 g/mol. The number of likely N-dealkylation sites (tertiary alicyclic amines) is 1. The number of methoxy groups -OCH3 is 1. The molecule has 1 aliphatic heterocycles. The third kappa shape index (κ3) is 5.02. The SMILES string of the molecule is CCOc1ccc(C2/C(=C(\O)c3ccc(Cl)cc3)C(=O)C(=O)N2CCCn2ccnc2)cc1OC. The number of imidazole rings is 1. The second-order valence-electron chi connectivity index (χ2n) is 8.00. The van der Waals surface area contributed by atoms with Gasteiger partial charge in [-0.3, -0.25) is 9.59 Å². The number of aryl methyl sites for hydroxylation is 1. The molecule has 1 amide bonds. The molecule has 1 fully saturated rings. The van der Waals surface area contributed by atoms with Gasteiger partial charge in [-0.15, -0.1) is 0 Å². The highest BCUT2D eigenvalue weighted by molar-refractivity contribution is 6.46. The van der Waals surface area contributed by atoms with Gasteiger partial charge in [0.15, 0.2) is 11.5 Å². The summed E-state index contributed by atoms with van der Waals surface area (Å²) in [7, 11) is 1.53. The third-order valence-electron chi connectivity index (χ3n) is 5.84. The largest absolute Gasteiger partial charge is 0.507 e. The van der Waals surface area contributed by atoms with Crippen LogP contribution in [0.5, 0.6) is 11.5 Å². The van der Waals surface area contributed by atoms with Crippen LogP contribution in [0.2, 0.25) is 5.02 Å². The minimum Gasteiger partial charge on any atom is -0.507 e. The van der Waals surface area contributed by atoms with Crippen LogP contribution in [0.1, 0.15) is 30.5 Å². The number of hydrogen-bond donors (Lipinski definition) is 1. The molecular weight excluding hydrogens is 470 g/mol. The van der Waals surface area contributed by atoms with Crippen LogP contribution in [0, 0.1) is 0 Å². The molecule has 1 unspecified atom stereocenters. The second kappa shape index (κ2) is 10.7. The second-order valence-corrected chi connectivity index (χ2v) is 8.43. The minimum absolute atomic E-state index is 0.0196. The quantitative estimate of drug-likeness (QED) is 0.268. The van der Waals surface area contributed by atoms with E-state index in [0.717, 1.165) is 0 Å². The first-order valence-electron chi connectivity index (χ1n) is 11.3. The lowest BCUT2D eigenvalue weighted by molar-refractivity contribution is -0.139. The molecular formula is C26H26ClN3O5. The number of ketones is 1. The van der Waals surface area contributed by atoms with Crippen LogP contribution in [0.3, 0.4) is 0 Å². The van der Waals surface area contributed by atoms with Crippen molar-refractivity contribution in [2.45, 2.75) is 25.9 Å². The van der Waals surface area contributed by atoms with Gasteiger partial charge in [-0.05, 0) is 55.3 Å². The van der Waals surface area contributed by atoms with E-state index in [-0.39, 0.29) is 11.3 Å². The number of carbonyl (C=O) groups is 2. The maximum absolute atomic E-state index is 13.2. The summed E-state index contributed by atoms with van der Waals surface area (Å²) in [5.41, 5.74) is 1.04. The Balaban J connectivity index is 1.77. The fourth-order valence-electron chi connectivity index (χ4n) is 4.19. The maximum atomic E-state index is 13.2. The molecule has 3 aromatic rings. The molecule has 4 rings (SSSR count). The predicted molar refractivity (Wildman–Crippen MR) is 131 cm³/mol. The number of ether oxygens (including phenoxy) is 2. The van der Waals surface area contributed by atoms with E-state index in [9.17, 15) is 14.7 Å². The van der Waals surface area contributed by atoms with Gasteiger partial charge >= 0.3 is 0 Å². The normalized spacial score (nSPS) is 17.1. The fourth-order valence-corrected chi connectivity index (χ4v) is 4.32. The number of aromatic nitrogens is 2. The Hall–Kier alpha value is -3.78. The molecule has 35 heavy (non-hydrogen) atoms. The van der Waals surface area contributed by atoms with Crippen molar-refractivity contribution in [2.24, 2.45) is 0 Å². The zero-order valence-electron chi connectivity index (χ0n) is 19.5. The third-order valence-corrected chi connectivity index (χ3v) is 6.09. The van der Waals surface area contributed by atoms with E-state index in [0.29, 0.717) is 53.8 Å². The summed E-state index contributed by atoms with van der Waals surface area (Å²) in [4.78, 5) is 31.9. The van der Waals surface area contributed by atoms with Crippen LogP contribution < -0.4 is 9.47 Å². The van der Waals surface area contributed by atoms with Crippen molar-refractivity contribution in [1.82, 2.24) is 14.5 Å². The van der Waals surface area contributed by atoms with Crippen molar-refractivity contribution >= 4 is 29.1 Å². The molecule has 2 aromatic carbocycles. The topological polar surface area (TPSA) is 93.9 Å². The van der Waals surface area contributed by atoms with Crippen LogP contribution in [-0.2, 0) is 16.1 Å². The molecule has 1 saturated heterocycles. The number of hydrogen-bond acceptors (Lipinski definition) is 6. The summed E-state index contributed by atoms with van der Waals surface area (Å²) >= 11 is 5.99. The molecule has 1 N–H and O–H groups in total. The number of carbonyl (C=O) groups excluding carboxylic acids is 2. The van der Waals surface area contributed by atoms with Crippen LogP contribution in [0.15, 0.2) is 66.8 Å². The predicted octanol–water partition coefficient (Wildman–Crippen LogP) is 4.46. The van der Waals surface area contributed by atoms with Gasteiger partial charge in [0, 0.05) is 36.1 Å². The number of amides is 1. The lowest BCUT2D eigenvalue weighted by Gasteiger charge is -2.26. The highest BCUT2D eigenvalue weighted by Crippen LogP contribution is 2.42. The van der Waals surface area contributed by atoms with Gasteiger partial charge in [-0.1, -0.05) is 17.7 Å². The summed E-state index contributed by atoms with van der Waals surface area (Å²) in [6, 6.07) is 10.9. The van der Waals surface area contributed by atoms with E-state index in [2.05, 4.69) is 4.98 Å². The number of nitrogens with zero attached hydrogens (tertiary/aromatic N) is 3. The molecule has 2 heterocycles. The first-order valence-corrected chi connectivity index (χ1v) is 11.6. The van der Waals surface area contributed by atoms with Crippen LogP contribution in [0.25, 0.3) is 5.76 Å². The molecule has 1 aliphatic rings. The van der Waals surface area contributed by atoms with E-state index >= 15 is 0 Å². The van der Waals surface area contributed by atoms with Gasteiger partial charge in [-0.25, -0.2) is 4.98 Å². The van der Waals surface area contributed by atoms with E-state index in [4.69, 9.17) is 21.1 Å². The number of rotatable bonds is 9. The molecule has 0 saturated carbocycles. The van der Waals surface area contributed by atoms with E-state index in [1.807, 2.05) is 17.7 Å². The van der Waals surface area contributed by atoms with Gasteiger partial charge in [0.25, 0.3) is 11.7 Å². The Labute approximate surface area is 208 Å². The Bertz CT molecular complexity index is 1240. The number of benzene rings is 2. The van der Waals surface area contributed by atoms with Crippen molar-refractivity contribution in [3.8, 4) is 11.5 Å². The van der Waals surface area contributed by atoms with Crippen LogP contribution in [-0.4, -0.2) is 51.5 Å². The molecule has 9 heteroatoms. The van der Waals surface area contributed by atoms with Crippen molar-refractivity contribution in [3.05, 3.63) is 82.9 Å². The van der Waals surface area contributed by atoms with Gasteiger partial charge in [0.05, 0.1) is 31.7 Å². The van der Waals surface area contributed by atoms with Crippen molar-refractivity contribution in [3.63, 3.8) is 0 Å². The van der Waals surface area contributed by atoms with Gasteiger partial charge in [0.1, 0.15) is 5.76 Å². The Morgan fingerprint density at radius 3 is 2.54 bits per heavy atom. The molecule has 1 aromatic heterocycles. The number of aliphatic hydroxyl groups is 1. The number of Topliss-reactive ketones (excluding diaryl/α,β-unsaturated/α-hetero) is 1. The zero-order chi connectivity index (χ0) is 24.9. The van der Waals surface area contributed by atoms with Crippen LogP contribution >= 0.6 is 11.6 Å². The van der Waals surface area contributed by atoms with E-state index < -0.39 is 17.7 Å². The molecule has 1 atom stereocenters. The van der Waals surface area contributed by atoms with Gasteiger partial charge < -0.3 is 24.0 Å². The summed E-state index contributed by atoms with van der Waals surface area (Å²) in [5.74, 6) is -0.634. The van der Waals surface area contributed by atoms with Crippen molar-refractivity contribution in [2.75, 3.05) is 20.3 Å². The highest BCUT2D eigenvalue weighted by Gasteiger charge is 2.46. The van der Waals surface area contributed by atoms with E-state index in [1.165, 1.54) is 12.0 Å². The average Bonchev–Trinajstić information content (AvgIpc) is 3.47. The Morgan fingerprint density at radius 1 is 1.11 bits per heavy atom. The molecule has 0 bridgehead atoms. The van der Waals surface area contributed by atoms with Crippen molar-refractivity contribution < 1.29 is 24.2 Å². The summed E-state index contributed by atoms with van der Waals surface area (Å²) in [5, 5.41) is 11.7. The lowest BCUT2D eigenvalue weighted by atomic mass is 9.95. The zero-order valence-corrected chi connectivity index (χ0v) is 20.2. The van der Waals surface area contributed by atoms with Gasteiger partial charge in [0.2, 0.25) is 0 Å². The molecule has 8 nitrogen and oxygen atoms in total. The van der Waals surface area contributed by atoms with E-state index in [1.54, 1.807) is 55.0 Å².